The van der Waals surface area contributed by atoms with Crippen molar-refractivity contribution in [3.63, 3.8) is 0 Å². The van der Waals surface area contributed by atoms with E-state index in [-0.39, 0.29) is 0 Å². The summed E-state index contributed by atoms with van der Waals surface area (Å²) in [5.41, 5.74) is 6.96. The Morgan fingerprint density at radius 3 is 2.67 bits per heavy atom. The zero-order valence-electron chi connectivity index (χ0n) is 15.9. The second-order valence-electron chi connectivity index (χ2n) is 7.00. The van der Waals surface area contributed by atoms with Crippen LogP contribution < -0.4 is 4.74 Å². The average molecular weight is 361 g/mol. The van der Waals surface area contributed by atoms with Crippen LogP contribution in [0, 0.1) is 13.8 Å². The lowest BCUT2D eigenvalue weighted by Gasteiger charge is -2.28. The van der Waals surface area contributed by atoms with Gasteiger partial charge in [-0.25, -0.2) is 19.9 Å². The van der Waals surface area contributed by atoms with Gasteiger partial charge in [0.05, 0.1) is 18.4 Å². The Morgan fingerprint density at radius 2 is 1.89 bits per heavy atom. The van der Waals surface area contributed by atoms with E-state index in [1.54, 1.807) is 19.5 Å². The summed E-state index contributed by atoms with van der Waals surface area (Å²) in [4.78, 5) is 19.8. The minimum absolute atomic E-state index is 0.699. The Bertz CT molecular complexity index is 958. The molecule has 6 heteroatoms. The van der Waals surface area contributed by atoms with Gasteiger partial charge in [-0.1, -0.05) is 6.07 Å². The summed E-state index contributed by atoms with van der Waals surface area (Å²) in [5, 5.41) is 0. The van der Waals surface area contributed by atoms with Crippen molar-refractivity contribution in [3.8, 4) is 17.1 Å². The Hall–Kier alpha value is -2.86. The van der Waals surface area contributed by atoms with Gasteiger partial charge in [0, 0.05) is 50.2 Å². The molecule has 0 unspecified atom stereocenters. The predicted molar refractivity (Wildman–Crippen MR) is 103 cm³/mol. The molecule has 0 amide bonds. The summed E-state index contributed by atoms with van der Waals surface area (Å²) >= 11 is 0. The van der Waals surface area contributed by atoms with E-state index in [2.05, 4.69) is 45.8 Å². The minimum Gasteiger partial charge on any atom is -0.496 e. The Kier molecular flexibility index (Phi) is 4.81. The van der Waals surface area contributed by atoms with Crippen molar-refractivity contribution in [2.75, 3.05) is 13.7 Å². The third-order valence-electron chi connectivity index (χ3n) is 5.08. The molecule has 3 heterocycles. The van der Waals surface area contributed by atoms with Gasteiger partial charge in [0.1, 0.15) is 12.1 Å². The highest BCUT2D eigenvalue weighted by Crippen LogP contribution is 2.26. The number of methoxy groups -OCH3 is 1. The average Bonchev–Trinajstić information content (AvgIpc) is 2.70. The molecule has 2 aromatic heterocycles. The van der Waals surface area contributed by atoms with Crippen molar-refractivity contribution in [3.05, 3.63) is 65.0 Å². The van der Waals surface area contributed by atoms with Crippen LogP contribution in [0.15, 0.2) is 37.1 Å². The van der Waals surface area contributed by atoms with Gasteiger partial charge < -0.3 is 4.74 Å². The lowest BCUT2D eigenvalue weighted by Crippen LogP contribution is -2.31. The quantitative estimate of drug-likeness (QED) is 0.711. The summed E-state index contributed by atoms with van der Waals surface area (Å²) in [6.45, 7) is 7.01. The van der Waals surface area contributed by atoms with Crippen molar-refractivity contribution >= 4 is 0 Å². The van der Waals surface area contributed by atoms with Crippen LogP contribution in [0.3, 0.4) is 0 Å². The number of hydrogen-bond donors (Lipinski definition) is 0. The van der Waals surface area contributed by atoms with Crippen LogP contribution in [0.1, 0.15) is 27.9 Å². The molecule has 0 bridgehead atoms. The van der Waals surface area contributed by atoms with E-state index in [9.17, 15) is 0 Å². The lowest BCUT2D eigenvalue weighted by molar-refractivity contribution is 0.242. The van der Waals surface area contributed by atoms with E-state index < -0.39 is 0 Å². The minimum atomic E-state index is 0.699. The lowest BCUT2D eigenvalue weighted by atomic mass is 10.0. The maximum absolute atomic E-state index is 5.43. The number of aryl methyl sites for hydroxylation is 2. The van der Waals surface area contributed by atoms with Crippen molar-refractivity contribution in [1.29, 1.82) is 0 Å². The Balaban J connectivity index is 1.52. The molecule has 0 radical (unpaired) electrons. The molecule has 0 aliphatic carbocycles. The summed E-state index contributed by atoms with van der Waals surface area (Å²) in [6.07, 6.45) is 7.88. The SMILES string of the molecule is COc1cc(C)c(CN2CCc3nc(-c4cncnc4)ncc3C2)cc1C. The van der Waals surface area contributed by atoms with Crippen LogP contribution in [-0.2, 0) is 19.5 Å². The highest BCUT2D eigenvalue weighted by Gasteiger charge is 2.20. The summed E-state index contributed by atoms with van der Waals surface area (Å²) in [5.74, 6) is 1.65. The van der Waals surface area contributed by atoms with Gasteiger partial charge in [-0.15, -0.1) is 0 Å². The van der Waals surface area contributed by atoms with Gasteiger partial charge in [-0.2, -0.15) is 0 Å². The zero-order chi connectivity index (χ0) is 18.8. The monoisotopic (exact) mass is 361 g/mol. The van der Waals surface area contributed by atoms with Crippen LogP contribution in [-0.4, -0.2) is 38.5 Å². The van der Waals surface area contributed by atoms with Crippen molar-refractivity contribution < 1.29 is 4.74 Å². The standard InChI is InChI=1S/C21H23N5O/c1-14-7-20(27-3)15(2)6-16(14)11-26-5-4-19-18(12-26)10-24-21(25-19)17-8-22-13-23-9-17/h6-10,13H,4-5,11-12H2,1-3H3. The maximum Gasteiger partial charge on any atom is 0.162 e. The van der Waals surface area contributed by atoms with E-state index in [1.807, 2.05) is 6.20 Å². The van der Waals surface area contributed by atoms with Gasteiger partial charge in [0.2, 0.25) is 0 Å². The highest BCUT2D eigenvalue weighted by molar-refractivity contribution is 5.52. The smallest absolute Gasteiger partial charge is 0.162 e. The number of rotatable bonds is 4. The molecule has 1 aliphatic heterocycles. The topological polar surface area (TPSA) is 64.0 Å². The van der Waals surface area contributed by atoms with E-state index in [4.69, 9.17) is 9.72 Å². The van der Waals surface area contributed by atoms with Crippen molar-refractivity contribution in [2.45, 2.75) is 33.4 Å². The van der Waals surface area contributed by atoms with Crippen molar-refractivity contribution in [1.82, 2.24) is 24.8 Å². The first-order chi connectivity index (χ1) is 13.1. The first kappa shape index (κ1) is 17.5. The van der Waals surface area contributed by atoms with Crippen LogP contribution in [0.4, 0.5) is 0 Å². The summed E-state index contributed by atoms with van der Waals surface area (Å²) < 4.78 is 5.43. The number of ether oxygens (including phenoxy) is 1. The fourth-order valence-corrected chi connectivity index (χ4v) is 3.54. The molecule has 138 valence electrons. The first-order valence-corrected chi connectivity index (χ1v) is 9.10. The molecule has 27 heavy (non-hydrogen) atoms. The van der Waals surface area contributed by atoms with Gasteiger partial charge in [-0.05, 0) is 36.6 Å². The third-order valence-corrected chi connectivity index (χ3v) is 5.08. The summed E-state index contributed by atoms with van der Waals surface area (Å²) in [7, 11) is 1.72. The molecule has 0 spiro atoms. The Morgan fingerprint density at radius 1 is 1.07 bits per heavy atom. The van der Waals surface area contributed by atoms with Gasteiger partial charge in [-0.3, -0.25) is 4.90 Å². The Labute approximate surface area is 159 Å². The summed E-state index contributed by atoms with van der Waals surface area (Å²) in [6, 6.07) is 4.36. The molecule has 0 saturated carbocycles. The van der Waals surface area contributed by atoms with E-state index in [0.717, 1.165) is 43.1 Å². The third kappa shape index (κ3) is 3.66. The molecule has 3 aromatic rings. The molecule has 1 aliphatic rings. The van der Waals surface area contributed by atoms with Crippen molar-refractivity contribution in [2.24, 2.45) is 0 Å². The molecule has 0 fully saturated rings. The fraction of sp³-hybridized carbons (Fsp3) is 0.333. The molecule has 0 atom stereocenters. The van der Waals surface area contributed by atoms with Crippen LogP contribution in [0.25, 0.3) is 11.4 Å². The largest absolute Gasteiger partial charge is 0.496 e. The van der Waals surface area contributed by atoms with Crippen LogP contribution in [0.2, 0.25) is 0 Å². The predicted octanol–water partition coefficient (Wildman–Crippen LogP) is 3.12. The molecule has 4 rings (SSSR count). The van der Waals surface area contributed by atoms with Gasteiger partial charge >= 0.3 is 0 Å². The molecular formula is C21H23N5O. The normalized spacial score (nSPS) is 14.0. The molecule has 0 N–H and O–H groups in total. The fourth-order valence-electron chi connectivity index (χ4n) is 3.54. The highest BCUT2D eigenvalue weighted by atomic mass is 16.5. The number of nitrogens with zero attached hydrogens (tertiary/aromatic N) is 5. The molecule has 0 saturated heterocycles. The molecule has 6 nitrogen and oxygen atoms in total. The number of aromatic nitrogens is 4. The van der Waals surface area contributed by atoms with E-state index in [1.165, 1.54) is 28.6 Å². The molecular weight excluding hydrogens is 338 g/mol. The molecule has 1 aromatic carbocycles. The van der Waals surface area contributed by atoms with E-state index >= 15 is 0 Å². The number of benzene rings is 1. The van der Waals surface area contributed by atoms with Gasteiger partial charge in [0.15, 0.2) is 5.82 Å². The van der Waals surface area contributed by atoms with Gasteiger partial charge in [0.25, 0.3) is 0 Å². The van der Waals surface area contributed by atoms with Crippen LogP contribution in [0.5, 0.6) is 5.75 Å². The van der Waals surface area contributed by atoms with E-state index in [0.29, 0.717) is 5.82 Å². The zero-order valence-corrected chi connectivity index (χ0v) is 15.9. The second kappa shape index (κ2) is 7.40. The first-order valence-electron chi connectivity index (χ1n) is 9.10. The van der Waals surface area contributed by atoms with Crippen LogP contribution >= 0.6 is 0 Å². The number of hydrogen-bond acceptors (Lipinski definition) is 6. The number of fused-ring (bicyclic) bond motifs is 1. The maximum atomic E-state index is 5.43. The second-order valence-corrected chi connectivity index (χ2v) is 7.00.